The Balaban J connectivity index is 1.75. The summed E-state index contributed by atoms with van der Waals surface area (Å²) in [5.41, 5.74) is 0.333. The molecular weight excluding hydrogens is 469 g/mol. The number of fused-ring (bicyclic) bond motifs is 1. The van der Waals surface area contributed by atoms with Crippen molar-refractivity contribution < 1.29 is 23.1 Å². The van der Waals surface area contributed by atoms with E-state index in [0.717, 1.165) is 18.9 Å². The van der Waals surface area contributed by atoms with Crippen molar-refractivity contribution in [1.29, 1.82) is 0 Å². The average molecular weight is 499 g/mol. The van der Waals surface area contributed by atoms with Gasteiger partial charge in [-0.1, -0.05) is 38.5 Å². The largest absolute Gasteiger partial charge is 0.508 e. The number of unbranched alkanes of at least 4 members (excludes halogenated alkanes) is 1. The summed E-state index contributed by atoms with van der Waals surface area (Å²) in [4.78, 5) is 17.2. The van der Waals surface area contributed by atoms with E-state index in [0.29, 0.717) is 34.8 Å². The number of carbonyl (C=O) groups is 1. The number of phenolic OH excluding ortho intramolecular Hbond substituents is 1. The van der Waals surface area contributed by atoms with E-state index in [4.69, 9.17) is 0 Å². The standard InChI is InChI=1S/C27H29F3N4O2/c1-3-4-15-31-24(36)18-8-13-22-21(16-18)33-25(32-19-9-11-20(35)12-10-19)34(22)17-26(2)14-6-5-7-23(26)27(28,29)30/h5-13,16,35H,3-4,14-15,17H2,1-2H3,(H,31,36)(H,32,33). The molecule has 0 bridgehead atoms. The first kappa shape index (κ1) is 25.3. The number of anilines is 2. The number of aromatic hydroxyl groups is 1. The smallest absolute Gasteiger partial charge is 0.413 e. The molecule has 36 heavy (non-hydrogen) atoms. The molecule has 1 aliphatic carbocycles. The molecule has 0 fully saturated rings. The Hall–Kier alpha value is -3.75. The van der Waals surface area contributed by atoms with Crippen LogP contribution in [-0.4, -0.2) is 33.3 Å². The lowest BCUT2D eigenvalue weighted by Crippen LogP contribution is -2.34. The number of nitrogens with one attached hydrogen (secondary N) is 2. The van der Waals surface area contributed by atoms with E-state index >= 15 is 0 Å². The van der Waals surface area contributed by atoms with Gasteiger partial charge in [-0.3, -0.25) is 4.79 Å². The van der Waals surface area contributed by atoms with Crippen LogP contribution in [0, 0.1) is 5.41 Å². The first-order chi connectivity index (χ1) is 17.1. The minimum Gasteiger partial charge on any atom is -0.508 e. The summed E-state index contributed by atoms with van der Waals surface area (Å²) < 4.78 is 43.5. The van der Waals surface area contributed by atoms with E-state index in [-0.39, 0.29) is 24.6 Å². The second-order valence-electron chi connectivity index (χ2n) is 9.28. The van der Waals surface area contributed by atoms with Crippen LogP contribution in [0.25, 0.3) is 11.0 Å². The normalized spacial score (nSPS) is 17.8. The zero-order chi connectivity index (χ0) is 25.9. The van der Waals surface area contributed by atoms with Crippen LogP contribution < -0.4 is 10.6 Å². The summed E-state index contributed by atoms with van der Waals surface area (Å²) in [7, 11) is 0. The van der Waals surface area contributed by atoms with Crippen molar-refractivity contribution in [2.75, 3.05) is 11.9 Å². The molecule has 1 aliphatic rings. The van der Waals surface area contributed by atoms with Gasteiger partial charge in [0.05, 0.1) is 11.0 Å². The quantitative estimate of drug-likeness (QED) is 0.246. The van der Waals surface area contributed by atoms with Crippen molar-refractivity contribution in [2.24, 2.45) is 5.41 Å². The highest BCUT2D eigenvalue weighted by atomic mass is 19.4. The minimum absolute atomic E-state index is 0.0155. The molecule has 1 atom stereocenters. The molecule has 1 aromatic heterocycles. The fourth-order valence-electron chi connectivity index (χ4n) is 4.42. The van der Waals surface area contributed by atoms with Crippen molar-refractivity contribution >= 4 is 28.6 Å². The third-order valence-electron chi connectivity index (χ3n) is 6.38. The molecule has 1 amide bonds. The summed E-state index contributed by atoms with van der Waals surface area (Å²) >= 11 is 0. The van der Waals surface area contributed by atoms with Gasteiger partial charge in [-0.25, -0.2) is 4.98 Å². The average Bonchev–Trinajstić information content (AvgIpc) is 3.15. The van der Waals surface area contributed by atoms with Gasteiger partial charge in [0.1, 0.15) is 5.75 Å². The summed E-state index contributed by atoms with van der Waals surface area (Å²) in [6, 6.07) is 11.3. The summed E-state index contributed by atoms with van der Waals surface area (Å²) in [5, 5.41) is 15.6. The number of nitrogens with zero attached hydrogens (tertiary/aromatic N) is 2. The second kappa shape index (κ2) is 10.1. The molecule has 1 unspecified atom stereocenters. The molecule has 0 saturated carbocycles. The predicted octanol–water partition coefficient (Wildman–Crippen LogP) is 6.47. The lowest BCUT2D eigenvalue weighted by Gasteiger charge is -2.35. The number of alkyl halides is 3. The first-order valence-corrected chi connectivity index (χ1v) is 11.9. The third kappa shape index (κ3) is 5.40. The maximum absolute atomic E-state index is 13.9. The number of hydrogen-bond donors (Lipinski definition) is 3. The van der Waals surface area contributed by atoms with Crippen LogP contribution in [0.2, 0.25) is 0 Å². The van der Waals surface area contributed by atoms with Gasteiger partial charge in [0.25, 0.3) is 5.91 Å². The third-order valence-corrected chi connectivity index (χ3v) is 6.38. The van der Waals surface area contributed by atoms with Crippen molar-refractivity contribution in [1.82, 2.24) is 14.9 Å². The molecule has 6 nitrogen and oxygen atoms in total. The number of aromatic nitrogens is 2. The van der Waals surface area contributed by atoms with Gasteiger partial charge in [-0.2, -0.15) is 13.2 Å². The summed E-state index contributed by atoms with van der Waals surface area (Å²) in [6.45, 7) is 4.21. The second-order valence-corrected chi connectivity index (χ2v) is 9.28. The van der Waals surface area contributed by atoms with Gasteiger partial charge in [0.2, 0.25) is 5.95 Å². The van der Waals surface area contributed by atoms with Crippen molar-refractivity contribution in [3.8, 4) is 5.75 Å². The number of hydrogen-bond acceptors (Lipinski definition) is 4. The maximum atomic E-state index is 13.9. The molecule has 2 aromatic carbocycles. The highest BCUT2D eigenvalue weighted by Gasteiger charge is 2.46. The number of allylic oxidation sites excluding steroid dienone is 4. The molecule has 0 aliphatic heterocycles. The number of imidazole rings is 1. The van der Waals surface area contributed by atoms with E-state index in [2.05, 4.69) is 15.6 Å². The fourth-order valence-corrected chi connectivity index (χ4v) is 4.42. The number of rotatable bonds is 8. The van der Waals surface area contributed by atoms with Crippen LogP contribution in [0.5, 0.6) is 5.75 Å². The fraction of sp³-hybridized carbons (Fsp3) is 0.333. The highest BCUT2D eigenvalue weighted by molar-refractivity contribution is 5.97. The van der Waals surface area contributed by atoms with Crippen LogP contribution >= 0.6 is 0 Å². The Labute approximate surface area is 207 Å². The van der Waals surface area contributed by atoms with Gasteiger partial charge in [-0.15, -0.1) is 0 Å². The van der Waals surface area contributed by atoms with Gasteiger partial charge >= 0.3 is 6.18 Å². The van der Waals surface area contributed by atoms with E-state index < -0.39 is 17.2 Å². The van der Waals surface area contributed by atoms with E-state index in [1.165, 1.54) is 18.2 Å². The summed E-state index contributed by atoms with van der Waals surface area (Å²) in [6.07, 6.45) is 1.88. The zero-order valence-corrected chi connectivity index (χ0v) is 20.2. The molecule has 3 N–H and O–H groups in total. The molecule has 0 spiro atoms. The van der Waals surface area contributed by atoms with Crippen LogP contribution in [-0.2, 0) is 6.54 Å². The molecule has 190 valence electrons. The molecule has 1 heterocycles. The zero-order valence-electron chi connectivity index (χ0n) is 20.2. The lowest BCUT2D eigenvalue weighted by atomic mass is 9.75. The first-order valence-electron chi connectivity index (χ1n) is 11.9. The Kier molecular flexibility index (Phi) is 7.10. The van der Waals surface area contributed by atoms with Crippen LogP contribution in [0.4, 0.5) is 24.8 Å². The number of benzene rings is 2. The molecule has 0 saturated heterocycles. The monoisotopic (exact) mass is 498 g/mol. The Bertz CT molecular complexity index is 1310. The summed E-state index contributed by atoms with van der Waals surface area (Å²) in [5.74, 6) is 0.213. The van der Waals surface area contributed by atoms with Gasteiger partial charge in [-0.05, 0) is 55.3 Å². The topological polar surface area (TPSA) is 79.2 Å². The molecule has 0 radical (unpaired) electrons. The minimum atomic E-state index is -4.47. The van der Waals surface area contributed by atoms with E-state index in [1.54, 1.807) is 47.9 Å². The number of halogens is 3. The van der Waals surface area contributed by atoms with Crippen molar-refractivity contribution in [3.63, 3.8) is 0 Å². The van der Waals surface area contributed by atoms with Crippen molar-refractivity contribution in [2.45, 2.75) is 45.8 Å². The Morgan fingerprint density at radius 2 is 1.94 bits per heavy atom. The molecule has 4 rings (SSSR count). The van der Waals surface area contributed by atoms with Gasteiger partial charge < -0.3 is 20.3 Å². The molecular formula is C27H29F3N4O2. The van der Waals surface area contributed by atoms with Crippen molar-refractivity contribution in [3.05, 3.63) is 71.8 Å². The SMILES string of the molecule is CCCCNC(=O)c1ccc2c(c1)nc(Nc1ccc(O)cc1)n2CC1(C)CC=CC=C1C(F)(F)F. The van der Waals surface area contributed by atoms with Crippen LogP contribution in [0.1, 0.15) is 43.5 Å². The number of phenols is 1. The molecule has 3 aromatic rings. The Morgan fingerprint density at radius 1 is 1.19 bits per heavy atom. The highest BCUT2D eigenvalue weighted by Crippen LogP contribution is 2.46. The van der Waals surface area contributed by atoms with E-state index in [9.17, 15) is 23.1 Å². The maximum Gasteiger partial charge on any atom is 0.413 e. The lowest BCUT2D eigenvalue weighted by molar-refractivity contribution is -0.107. The van der Waals surface area contributed by atoms with Gasteiger partial charge in [0.15, 0.2) is 0 Å². The van der Waals surface area contributed by atoms with Gasteiger partial charge in [0, 0.05) is 35.3 Å². The Morgan fingerprint density at radius 3 is 2.64 bits per heavy atom. The van der Waals surface area contributed by atoms with E-state index in [1.807, 2.05) is 6.92 Å². The van der Waals surface area contributed by atoms with Crippen LogP contribution in [0.15, 0.2) is 66.3 Å². The number of carbonyl (C=O) groups excluding carboxylic acids is 1. The number of amides is 1. The predicted molar refractivity (Wildman–Crippen MR) is 134 cm³/mol. The molecule has 9 heteroatoms. The van der Waals surface area contributed by atoms with Crippen LogP contribution in [0.3, 0.4) is 0 Å².